The molecular formula is C28H28ClFN4O3S. The molecule has 0 aliphatic carbocycles. The zero-order valence-corrected chi connectivity index (χ0v) is 22.8. The van der Waals surface area contributed by atoms with E-state index in [2.05, 4.69) is 10.3 Å². The summed E-state index contributed by atoms with van der Waals surface area (Å²) in [6.45, 7) is 5.10. The highest BCUT2D eigenvalue weighted by Crippen LogP contribution is 2.26. The van der Waals surface area contributed by atoms with Crippen molar-refractivity contribution in [2.75, 3.05) is 18.4 Å². The number of nitrogens with one attached hydrogen (secondary N) is 1. The van der Waals surface area contributed by atoms with Crippen LogP contribution in [0.1, 0.15) is 19.4 Å². The van der Waals surface area contributed by atoms with Gasteiger partial charge >= 0.3 is 0 Å². The maximum atomic E-state index is 14.4. The van der Waals surface area contributed by atoms with E-state index in [1.54, 1.807) is 29.8 Å². The van der Waals surface area contributed by atoms with Gasteiger partial charge in [-0.1, -0.05) is 61.8 Å². The third kappa shape index (κ3) is 6.30. The van der Waals surface area contributed by atoms with Gasteiger partial charge < -0.3 is 0 Å². The Morgan fingerprint density at radius 1 is 1.08 bits per heavy atom. The van der Waals surface area contributed by atoms with E-state index in [0.717, 1.165) is 9.87 Å². The van der Waals surface area contributed by atoms with E-state index >= 15 is 0 Å². The van der Waals surface area contributed by atoms with Gasteiger partial charge in [-0.05, 0) is 54.8 Å². The van der Waals surface area contributed by atoms with Crippen molar-refractivity contribution in [1.29, 1.82) is 0 Å². The van der Waals surface area contributed by atoms with E-state index in [1.165, 1.54) is 30.3 Å². The number of anilines is 1. The molecule has 1 amide bonds. The molecule has 0 aliphatic heterocycles. The van der Waals surface area contributed by atoms with Crippen LogP contribution in [0.25, 0.3) is 16.9 Å². The summed E-state index contributed by atoms with van der Waals surface area (Å²) in [5.41, 5.74) is 2.32. The van der Waals surface area contributed by atoms with Crippen molar-refractivity contribution in [3.05, 3.63) is 95.4 Å². The minimum atomic E-state index is -3.97. The van der Waals surface area contributed by atoms with E-state index in [0.29, 0.717) is 22.0 Å². The summed E-state index contributed by atoms with van der Waals surface area (Å²) >= 11 is 5.92. The predicted molar refractivity (Wildman–Crippen MR) is 147 cm³/mol. The van der Waals surface area contributed by atoms with Crippen molar-refractivity contribution in [3.63, 3.8) is 0 Å². The lowest BCUT2D eigenvalue weighted by molar-refractivity contribution is -0.116. The van der Waals surface area contributed by atoms with Crippen molar-refractivity contribution >= 4 is 33.5 Å². The number of benzene rings is 3. The van der Waals surface area contributed by atoms with E-state index in [-0.39, 0.29) is 23.3 Å². The topological polar surface area (TPSA) is 84.3 Å². The second-order valence-electron chi connectivity index (χ2n) is 9.31. The third-order valence-corrected chi connectivity index (χ3v) is 7.88. The average molecular weight is 555 g/mol. The largest absolute Gasteiger partial charge is 0.294 e. The minimum Gasteiger partial charge on any atom is -0.294 e. The summed E-state index contributed by atoms with van der Waals surface area (Å²) in [6.07, 6.45) is 1.70. The monoisotopic (exact) mass is 554 g/mol. The molecule has 0 aliphatic rings. The Bertz CT molecular complexity index is 1540. The molecule has 38 heavy (non-hydrogen) atoms. The number of aromatic nitrogens is 2. The Labute approximate surface area is 226 Å². The molecule has 198 valence electrons. The molecule has 1 heterocycles. The molecule has 7 nitrogen and oxygen atoms in total. The number of sulfonamides is 1. The quantitative estimate of drug-likeness (QED) is 0.278. The van der Waals surface area contributed by atoms with Crippen LogP contribution in [0.15, 0.2) is 83.9 Å². The minimum absolute atomic E-state index is 0.0351. The van der Waals surface area contributed by atoms with Gasteiger partial charge in [0.15, 0.2) is 0 Å². The summed E-state index contributed by atoms with van der Waals surface area (Å²) in [7, 11) is -3.97. The molecule has 4 aromatic rings. The fourth-order valence-corrected chi connectivity index (χ4v) is 5.57. The Morgan fingerprint density at radius 3 is 2.39 bits per heavy atom. The van der Waals surface area contributed by atoms with Crippen molar-refractivity contribution < 1.29 is 17.6 Å². The number of carbonyl (C=O) groups is 1. The lowest BCUT2D eigenvalue weighted by atomic mass is 10.2. The molecule has 0 saturated carbocycles. The molecule has 4 rings (SSSR count). The number of carbonyl (C=O) groups excluding carboxylic acids is 1. The first kappa shape index (κ1) is 27.5. The van der Waals surface area contributed by atoms with E-state index in [9.17, 15) is 17.6 Å². The van der Waals surface area contributed by atoms with Crippen LogP contribution in [0, 0.1) is 18.7 Å². The summed E-state index contributed by atoms with van der Waals surface area (Å²) in [6, 6.07) is 19.9. The van der Waals surface area contributed by atoms with Crippen molar-refractivity contribution in [2.45, 2.75) is 25.7 Å². The van der Waals surface area contributed by atoms with Gasteiger partial charge in [0.25, 0.3) is 0 Å². The smallest absolute Gasteiger partial charge is 0.243 e. The summed E-state index contributed by atoms with van der Waals surface area (Å²) in [4.78, 5) is 17.8. The normalized spacial score (nSPS) is 11.8. The molecule has 0 unspecified atom stereocenters. The second-order valence-corrected chi connectivity index (χ2v) is 11.7. The first-order valence-electron chi connectivity index (χ1n) is 12.0. The van der Waals surface area contributed by atoms with Gasteiger partial charge in [-0.3, -0.25) is 14.7 Å². The fourth-order valence-electron chi connectivity index (χ4n) is 3.88. The van der Waals surface area contributed by atoms with E-state index in [4.69, 9.17) is 11.6 Å². The van der Waals surface area contributed by atoms with Gasteiger partial charge in [-0.15, -0.1) is 0 Å². The van der Waals surface area contributed by atoms with Crippen molar-refractivity contribution in [1.82, 2.24) is 13.9 Å². The second kappa shape index (κ2) is 11.5. The predicted octanol–water partition coefficient (Wildman–Crippen LogP) is 5.93. The van der Waals surface area contributed by atoms with Crippen LogP contribution < -0.4 is 5.32 Å². The van der Waals surface area contributed by atoms with Crippen LogP contribution in [0.5, 0.6) is 0 Å². The Hall–Kier alpha value is -3.53. The van der Waals surface area contributed by atoms with Crippen LogP contribution in [0.4, 0.5) is 10.3 Å². The number of nitrogens with zero attached hydrogens (tertiary/aromatic N) is 3. The number of rotatable bonds is 9. The third-order valence-electron chi connectivity index (χ3n) is 5.80. The molecule has 0 spiro atoms. The maximum Gasteiger partial charge on any atom is 0.243 e. The van der Waals surface area contributed by atoms with E-state index < -0.39 is 28.3 Å². The van der Waals surface area contributed by atoms with Gasteiger partial charge in [0.05, 0.1) is 22.8 Å². The van der Waals surface area contributed by atoms with Crippen LogP contribution in [0.3, 0.4) is 0 Å². The zero-order valence-electron chi connectivity index (χ0n) is 21.2. The van der Waals surface area contributed by atoms with Crippen LogP contribution in [0.2, 0.25) is 5.02 Å². The van der Waals surface area contributed by atoms with Crippen LogP contribution in [-0.2, 0) is 14.8 Å². The van der Waals surface area contributed by atoms with Gasteiger partial charge in [0.2, 0.25) is 21.9 Å². The number of imidazole rings is 1. The van der Waals surface area contributed by atoms with Crippen molar-refractivity contribution in [2.24, 2.45) is 5.92 Å². The lowest BCUT2D eigenvalue weighted by Gasteiger charge is -2.23. The maximum absolute atomic E-state index is 14.4. The number of halogens is 2. The standard InChI is InChI=1S/C28H28ClFN4O3S/c1-19(2)16-33(38(36,37)24-13-10-22(29)11-14-24)18-27(35)32-28-31-26(21-7-5-4-6-8-21)17-34(28)23-12-9-20(3)25(30)15-23/h4-15,17,19H,16,18H2,1-3H3,(H,31,32,35). The molecular weight excluding hydrogens is 527 g/mol. The lowest BCUT2D eigenvalue weighted by Crippen LogP contribution is -2.40. The Kier molecular flexibility index (Phi) is 8.30. The molecule has 1 aromatic heterocycles. The highest BCUT2D eigenvalue weighted by molar-refractivity contribution is 7.89. The molecule has 3 aromatic carbocycles. The number of hydrogen-bond donors (Lipinski definition) is 1. The van der Waals surface area contributed by atoms with Crippen molar-refractivity contribution in [3.8, 4) is 16.9 Å². The first-order valence-corrected chi connectivity index (χ1v) is 13.8. The molecule has 0 bridgehead atoms. The fraction of sp³-hybridized carbons (Fsp3) is 0.214. The highest BCUT2D eigenvalue weighted by Gasteiger charge is 2.28. The van der Waals surface area contributed by atoms with Gasteiger partial charge in [0.1, 0.15) is 5.82 Å². The number of amides is 1. The van der Waals surface area contributed by atoms with Gasteiger partial charge in [-0.25, -0.2) is 17.8 Å². The SMILES string of the molecule is Cc1ccc(-n2cc(-c3ccccc3)nc2NC(=O)CN(CC(C)C)S(=O)(=O)c2ccc(Cl)cc2)cc1F. The average Bonchev–Trinajstić information content (AvgIpc) is 3.29. The first-order chi connectivity index (χ1) is 18.0. The number of aryl methyl sites for hydroxylation is 1. The molecule has 10 heteroatoms. The summed E-state index contributed by atoms with van der Waals surface area (Å²) < 4.78 is 43.8. The van der Waals surface area contributed by atoms with Gasteiger partial charge in [0, 0.05) is 23.3 Å². The molecule has 0 saturated heterocycles. The summed E-state index contributed by atoms with van der Waals surface area (Å²) in [5.74, 6) is -0.869. The Morgan fingerprint density at radius 2 is 1.76 bits per heavy atom. The van der Waals surface area contributed by atoms with E-state index in [1.807, 2.05) is 44.2 Å². The summed E-state index contributed by atoms with van der Waals surface area (Å²) in [5, 5.41) is 3.14. The molecule has 1 N–H and O–H groups in total. The molecule has 0 fully saturated rings. The zero-order chi connectivity index (χ0) is 27.4. The highest BCUT2D eigenvalue weighted by atomic mass is 35.5. The van der Waals surface area contributed by atoms with Gasteiger partial charge in [-0.2, -0.15) is 4.31 Å². The Balaban J connectivity index is 1.66. The molecule has 0 radical (unpaired) electrons. The molecule has 0 atom stereocenters. The van der Waals surface area contributed by atoms with Crippen LogP contribution in [-0.4, -0.2) is 41.3 Å². The number of hydrogen-bond acceptors (Lipinski definition) is 4. The van der Waals surface area contributed by atoms with Crippen LogP contribution >= 0.6 is 11.6 Å².